The van der Waals surface area contributed by atoms with Crippen LogP contribution >= 0.6 is 0 Å². The molecule has 0 saturated carbocycles. The zero-order valence-electron chi connectivity index (χ0n) is 21.5. The fourth-order valence-electron chi connectivity index (χ4n) is 3.48. The summed E-state index contributed by atoms with van der Waals surface area (Å²) in [5.74, 6) is 0.613. The Morgan fingerprint density at radius 3 is 2.41 bits per heavy atom. The lowest BCUT2D eigenvalue weighted by Gasteiger charge is -2.23. The third-order valence-electron chi connectivity index (χ3n) is 5.02. The van der Waals surface area contributed by atoms with Crippen molar-refractivity contribution in [2.45, 2.75) is 86.4 Å². The van der Waals surface area contributed by atoms with Gasteiger partial charge in [-0.25, -0.2) is 4.79 Å². The molecule has 2 amide bonds. The number of amides is 2. The number of rotatable bonds is 10. The second-order valence-electron chi connectivity index (χ2n) is 9.80. The number of alkyl carbamates (subject to hydrolysis) is 1. The van der Waals surface area contributed by atoms with Crippen molar-refractivity contribution in [2.75, 3.05) is 11.9 Å². The summed E-state index contributed by atoms with van der Waals surface area (Å²) in [5, 5.41) is 6.73. The maximum absolute atomic E-state index is 13.5. The smallest absolute Gasteiger partial charge is 0.407 e. The standard InChI is InChI=1S/C26H39N3O5/c1-8-10-13-33-23-20-14-18(28-22(30)9-2)11-12-19(20)24(31)29(16-17(3)4)21(23)15-27-25(32)34-26(5,6)7/h11-12,14,17H,8-10,13,15-16H2,1-7H3,(H,27,32)(H,28,30). The lowest BCUT2D eigenvalue weighted by atomic mass is 10.1. The topological polar surface area (TPSA) is 98.7 Å². The number of benzene rings is 1. The highest BCUT2D eigenvalue weighted by Gasteiger charge is 2.22. The van der Waals surface area contributed by atoms with Gasteiger partial charge in [0, 0.05) is 24.0 Å². The molecule has 0 saturated heterocycles. The summed E-state index contributed by atoms with van der Waals surface area (Å²) in [6.07, 6.45) is 1.57. The Morgan fingerprint density at radius 1 is 1.12 bits per heavy atom. The van der Waals surface area contributed by atoms with E-state index < -0.39 is 11.7 Å². The van der Waals surface area contributed by atoms with Crippen LogP contribution in [0.4, 0.5) is 10.5 Å². The summed E-state index contributed by atoms with van der Waals surface area (Å²) < 4.78 is 13.3. The number of fused-ring (bicyclic) bond motifs is 1. The Kier molecular flexibility index (Phi) is 9.53. The maximum Gasteiger partial charge on any atom is 0.407 e. The minimum absolute atomic E-state index is 0.0693. The van der Waals surface area contributed by atoms with Crippen molar-refractivity contribution in [3.8, 4) is 5.75 Å². The van der Waals surface area contributed by atoms with E-state index in [4.69, 9.17) is 9.47 Å². The molecule has 2 aromatic rings. The molecule has 0 aliphatic carbocycles. The van der Waals surface area contributed by atoms with Gasteiger partial charge in [0.2, 0.25) is 5.91 Å². The molecule has 1 heterocycles. The van der Waals surface area contributed by atoms with Crippen molar-refractivity contribution in [3.05, 3.63) is 34.2 Å². The molecule has 0 unspecified atom stereocenters. The Bertz CT molecular complexity index is 1070. The molecule has 0 radical (unpaired) electrons. The van der Waals surface area contributed by atoms with E-state index in [1.54, 1.807) is 50.5 Å². The van der Waals surface area contributed by atoms with E-state index in [1.807, 2.05) is 13.8 Å². The summed E-state index contributed by atoms with van der Waals surface area (Å²) in [5.41, 5.74) is 0.359. The van der Waals surface area contributed by atoms with Gasteiger partial charge in [0.05, 0.1) is 24.2 Å². The highest BCUT2D eigenvalue weighted by Crippen LogP contribution is 2.31. The number of pyridine rings is 1. The van der Waals surface area contributed by atoms with Gasteiger partial charge in [-0.05, 0) is 51.3 Å². The van der Waals surface area contributed by atoms with Gasteiger partial charge in [0.25, 0.3) is 5.56 Å². The van der Waals surface area contributed by atoms with Gasteiger partial charge in [0.1, 0.15) is 11.4 Å². The number of carbonyl (C=O) groups excluding carboxylic acids is 2. The molecule has 8 heteroatoms. The van der Waals surface area contributed by atoms with Crippen molar-refractivity contribution in [2.24, 2.45) is 5.92 Å². The molecule has 1 aromatic heterocycles. The number of anilines is 1. The Hall–Kier alpha value is -3.03. The van der Waals surface area contributed by atoms with Crippen molar-refractivity contribution in [1.29, 1.82) is 0 Å². The van der Waals surface area contributed by atoms with E-state index in [2.05, 4.69) is 17.6 Å². The molecule has 188 valence electrons. The molecule has 0 bridgehead atoms. The third kappa shape index (κ3) is 7.50. The van der Waals surface area contributed by atoms with Gasteiger partial charge in [0.15, 0.2) is 0 Å². The summed E-state index contributed by atoms with van der Waals surface area (Å²) >= 11 is 0. The van der Waals surface area contributed by atoms with Gasteiger partial charge in [-0.2, -0.15) is 0 Å². The van der Waals surface area contributed by atoms with Crippen molar-refractivity contribution < 1.29 is 19.1 Å². The Morgan fingerprint density at radius 2 is 1.82 bits per heavy atom. The van der Waals surface area contributed by atoms with E-state index in [0.717, 1.165) is 12.8 Å². The summed E-state index contributed by atoms with van der Waals surface area (Å²) in [7, 11) is 0. The summed E-state index contributed by atoms with van der Waals surface area (Å²) in [4.78, 5) is 37.8. The number of nitrogens with one attached hydrogen (secondary N) is 2. The van der Waals surface area contributed by atoms with Crippen LogP contribution in [0.3, 0.4) is 0 Å². The number of hydrogen-bond acceptors (Lipinski definition) is 5. The molecular formula is C26H39N3O5. The predicted molar refractivity (Wildman–Crippen MR) is 135 cm³/mol. The second kappa shape index (κ2) is 11.9. The van der Waals surface area contributed by atoms with Gasteiger partial charge < -0.3 is 24.7 Å². The minimum atomic E-state index is -0.641. The first-order chi connectivity index (χ1) is 16.0. The predicted octanol–water partition coefficient (Wildman–Crippen LogP) is 5.21. The van der Waals surface area contributed by atoms with Crippen LogP contribution in [0.5, 0.6) is 5.75 Å². The van der Waals surface area contributed by atoms with E-state index in [-0.39, 0.29) is 23.9 Å². The lowest BCUT2D eigenvalue weighted by Crippen LogP contribution is -2.35. The summed E-state index contributed by atoms with van der Waals surface area (Å²) in [6, 6.07) is 5.21. The van der Waals surface area contributed by atoms with Crippen LogP contribution in [-0.4, -0.2) is 28.8 Å². The average molecular weight is 474 g/mol. The zero-order valence-corrected chi connectivity index (χ0v) is 21.5. The lowest BCUT2D eigenvalue weighted by molar-refractivity contribution is -0.115. The first-order valence-electron chi connectivity index (χ1n) is 12.1. The van der Waals surface area contributed by atoms with E-state index in [9.17, 15) is 14.4 Å². The molecule has 0 aliphatic rings. The van der Waals surface area contributed by atoms with Crippen LogP contribution in [0.2, 0.25) is 0 Å². The van der Waals surface area contributed by atoms with E-state index in [0.29, 0.717) is 47.5 Å². The second-order valence-corrected chi connectivity index (χ2v) is 9.80. The first-order valence-corrected chi connectivity index (χ1v) is 12.1. The SMILES string of the molecule is CCCCOc1c(CNC(=O)OC(C)(C)C)n(CC(C)C)c(=O)c2ccc(NC(=O)CC)cc12. The number of nitrogens with zero attached hydrogens (tertiary/aromatic N) is 1. The number of carbonyl (C=O) groups is 2. The molecule has 8 nitrogen and oxygen atoms in total. The number of aromatic nitrogens is 1. The number of unbranched alkanes of at least 4 members (excludes halogenated alkanes) is 1. The molecule has 2 N–H and O–H groups in total. The molecule has 0 aliphatic heterocycles. The van der Waals surface area contributed by atoms with Crippen molar-refractivity contribution in [1.82, 2.24) is 9.88 Å². The third-order valence-corrected chi connectivity index (χ3v) is 5.02. The van der Waals surface area contributed by atoms with Crippen molar-refractivity contribution in [3.63, 3.8) is 0 Å². The minimum Gasteiger partial charge on any atom is -0.491 e. The van der Waals surface area contributed by atoms with E-state index in [1.165, 1.54) is 0 Å². The van der Waals surface area contributed by atoms with Gasteiger partial charge >= 0.3 is 6.09 Å². The summed E-state index contributed by atoms with van der Waals surface area (Å²) in [6.45, 7) is 14.3. The van der Waals surface area contributed by atoms with Gasteiger partial charge in [-0.15, -0.1) is 0 Å². The fraction of sp³-hybridized carbons (Fsp3) is 0.577. The number of ether oxygens (including phenoxy) is 2. The molecular weight excluding hydrogens is 434 g/mol. The van der Waals surface area contributed by atoms with Crippen LogP contribution in [0.15, 0.2) is 23.0 Å². The fourth-order valence-corrected chi connectivity index (χ4v) is 3.48. The molecule has 0 atom stereocenters. The normalized spacial score (nSPS) is 11.5. The van der Waals surface area contributed by atoms with Crippen LogP contribution in [-0.2, 0) is 22.6 Å². The number of hydrogen-bond donors (Lipinski definition) is 2. The van der Waals surface area contributed by atoms with Crippen LogP contribution < -0.4 is 20.9 Å². The van der Waals surface area contributed by atoms with Crippen LogP contribution in [0.25, 0.3) is 10.8 Å². The molecule has 1 aromatic carbocycles. The largest absolute Gasteiger partial charge is 0.491 e. The highest BCUT2D eigenvalue weighted by atomic mass is 16.6. The Labute approximate surface area is 202 Å². The molecule has 0 fully saturated rings. The molecule has 2 rings (SSSR count). The first kappa shape index (κ1) is 27.2. The van der Waals surface area contributed by atoms with Gasteiger partial charge in [-0.3, -0.25) is 9.59 Å². The van der Waals surface area contributed by atoms with Crippen molar-refractivity contribution >= 4 is 28.5 Å². The highest BCUT2D eigenvalue weighted by molar-refractivity contribution is 5.96. The quantitative estimate of drug-likeness (QED) is 0.462. The van der Waals surface area contributed by atoms with Gasteiger partial charge in [-0.1, -0.05) is 34.1 Å². The van der Waals surface area contributed by atoms with E-state index >= 15 is 0 Å². The molecule has 0 spiro atoms. The maximum atomic E-state index is 13.5. The molecule has 34 heavy (non-hydrogen) atoms. The zero-order chi connectivity index (χ0) is 25.5. The monoisotopic (exact) mass is 473 g/mol. The van der Waals surface area contributed by atoms with Crippen LogP contribution in [0.1, 0.15) is 73.4 Å². The average Bonchev–Trinajstić information content (AvgIpc) is 2.74. The Balaban J connectivity index is 2.66. The van der Waals surface area contributed by atoms with Crippen LogP contribution in [0, 0.1) is 5.92 Å².